The minimum absolute atomic E-state index is 0.0666. The molecular weight excluding hydrogens is 449 g/mol. The molecule has 0 bridgehead atoms. The summed E-state index contributed by atoms with van der Waals surface area (Å²) in [5.41, 5.74) is 2.84. The summed E-state index contributed by atoms with van der Waals surface area (Å²) < 4.78 is 25.9. The Labute approximate surface area is 202 Å². The third kappa shape index (κ3) is 4.84. The average Bonchev–Trinajstić information content (AvgIpc) is 3.17. The van der Waals surface area contributed by atoms with Crippen molar-refractivity contribution >= 4 is 27.6 Å². The summed E-state index contributed by atoms with van der Waals surface area (Å²) in [4.78, 5) is 12.5. The lowest BCUT2D eigenvalue weighted by atomic mass is 9.90. The number of rotatable bonds is 7. The van der Waals surface area contributed by atoms with Crippen molar-refractivity contribution < 1.29 is 19.0 Å². The van der Waals surface area contributed by atoms with Crippen LogP contribution in [-0.4, -0.2) is 46.4 Å². The van der Waals surface area contributed by atoms with Crippen LogP contribution in [0.1, 0.15) is 26.6 Å². The summed E-state index contributed by atoms with van der Waals surface area (Å²) in [6.45, 7) is 7.43. The molecule has 0 amide bonds. The van der Waals surface area contributed by atoms with E-state index in [0.717, 1.165) is 5.52 Å². The molecule has 0 aliphatic rings. The Hall–Kier alpha value is -3.90. The SMILES string of the molecule is CNc1cc(F)cc2c1[nH]c1nc(C)nc(-c3ccc(OCC(O)C(C)(C)C)c(OCC#N)c3)c12. The molecule has 1 unspecified atom stereocenters. The van der Waals surface area contributed by atoms with Crippen LogP contribution in [0.25, 0.3) is 33.2 Å². The maximum Gasteiger partial charge on any atom is 0.174 e. The van der Waals surface area contributed by atoms with Crippen LogP contribution < -0.4 is 14.8 Å². The molecule has 0 radical (unpaired) electrons. The number of fused-ring (bicyclic) bond motifs is 3. The van der Waals surface area contributed by atoms with Gasteiger partial charge in [-0.2, -0.15) is 5.26 Å². The highest BCUT2D eigenvalue weighted by Gasteiger charge is 2.24. The van der Waals surface area contributed by atoms with Crippen molar-refractivity contribution in [2.24, 2.45) is 5.41 Å². The molecule has 4 rings (SSSR count). The summed E-state index contributed by atoms with van der Waals surface area (Å²) in [6, 6.07) is 10.1. The number of nitrogens with zero attached hydrogens (tertiary/aromatic N) is 3. The number of aliphatic hydroxyl groups excluding tert-OH is 1. The Kier molecular flexibility index (Phi) is 6.50. The van der Waals surface area contributed by atoms with Gasteiger partial charge in [0.2, 0.25) is 0 Å². The summed E-state index contributed by atoms with van der Waals surface area (Å²) in [7, 11) is 1.73. The first-order valence-corrected chi connectivity index (χ1v) is 11.2. The number of anilines is 1. The number of aromatic nitrogens is 3. The van der Waals surface area contributed by atoms with Gasteiger partial charge in [0.15, 0.2) is 18.1 Å². The molecule has 0 saturated carbocycles. The zero-order valence-corrected chi connectivity index (χ0v) is 20.4. The first-order valence-electron chi connectivity index (χ1n) is 11.2. The van der Waals surface area contributed by atoms with Crippen molar-refractivity contribution in [1.82, 2.24) is 15.0 Å². The third-order valence-electron chi connectivity index (χ3n) is 5.81. The normalized spacial score (nSPS) is 12.5. The number of nitrogens with one attached hydrogen (secondary N) is 2. The van der Waals surface area contributed by atoms with Gasteiger partial charge in [0.05, 0.1) is 28.4 Å². The molecule has 0 spiro atoms. The molecule has 35 heavy (non-hydrogen) atoms. The standard InChI is InChI=1S/C26H28FN5O3/c1-14-30-23(22-17-11-16(27)12-18(29-5)24(17)32-25(22)31-14)15-6-7-19(20(10-15)34-9-8-28)35-13-21(33)26(2,3)4/h6-7,10-12,21,29,33H,9,13H2,1-5H3,(H,30,31,32). The molecule has 4 aromatic rings. The van der Waals surface area contributed by atoms with Crippen molar-refractivity contribution in [3.05, 3.63) is 42.0 Å². The van der Waals surface area contributed by atoms with Crippen LogP contribution in [0, 0.1) is 29.5 Å². The van der Waals surface area contributed by atoms with E-state index >= 15 is 0 Å². The van der Waals surface area contributed by atoms with E-state index in [0.29, 0.717) is 50.7 Å². The first kappa shape index (κ1) is 24.2. The van der Waals surface area contributed by atoms with E-state index in [9.17, 15) is 9.50 Å². The van der Waals surface area contributed by atoms with Gasteiger partial charge in [0.25, 0.3) is 0 Å². The van der Waals surface area contributed by atoms with Gasteiger partial charge >= 0.3 is 0 Å². The van der Waals surface area contributed by atoms with Crippen LogP contribution in [0.5, 0.6) is 11.5 Å². The number of benzene rings is 2. The summed E-state index contributed by atoms with van der Waals surface area (Å²) in [5, 5.41) is 23.7. The Morgan fingerprint density at radius 1 is 1.17 bits per heavy atom. The number of aryl methyl sites for hydroxylation is 1. The lowest BCUT2D eigenvalue weighted by Crippen LogP contribution is -2.32. The minimum Gasteiger partial charge on any atom is -0.487 e. The molecule has 0 aliphatic carbocycles. The number of halogens is 1. The van der Waals surface area contributed by atoms with Gasteiger partial charge in [-0.1, -0.05) is 20.8 Å². The van der Waals surface area contributed by atoms with Crippen LogP contribution in [0.3, 0.4) is 0 Å². The number of hydrogen-bond acceptors (Lipinski definition) is 7. The maximum absolute atomic E-state index is 14.4. The van der Waals surface area contributed by atoms with Crippen molar-refractivity contribution in [2.75, 3.05) is 25.6 Å². The predicted octanol–water partition coefficient (Wildman–Crippen LogP) is 4.96. The fraction of sp³-hybridized carbons (Fsp3) is 0.346. The van der Waals surface area contributed by atoms with Crippen molar-refractivity contribution in [1.29, 1.82) is 5.26 Å². The third-order valence-corrected chi connectivity index (χ3v) is 5.81. The van der Waals surface area contributed by atoms with E-state index in [1.54, 1.807) is 26.1 Å². The first-order chi connectivity index (χ1) is 16.6. The number of H-pyrrole nitrogens is 1. The lowest BCUT2D eigenvalue weighted by molar-refractivity contribution is 0.0210. The van der Waals surface area contributed by atoms with Crippen molar-refractivity contribution in [2.45, 2.75) is 33.8 Å². The molecule has 2 heterocycles. The monoisotopic (exact) mass is 477 g/mol. The molecular formula is C26H28FN5O3. The number of aromatic amines is 1. The van der Waals surface area contributed by atoms with Gasteiger partial charge in [0.1, 0.15) is 30.0 Å². The maximum atomic E-state index is 14.4. The molecule has 182 valence electrons. The quantitative estimate of drug-likeness (QED) is 0.345. The average molecular weight is 478 g/mol. The second-order valence-corrected chi connectivity index (χ2v) is 9.40. The predicted molar refractivity (Wildman–Crippen MR) is 133 cm³/mol. The Bertz CT molecular complexity index is 1440. The number of hydrogen-bond donors (Lipinski definition) is 3. The summed E-state index contributed by atoms with van der Waals surface area (Å²) >= 11 is 0. The largest absolute Gasteiger partial charge is 0.487 e. The van der Waals surface area contributed by atoms with Crippen LogP contribution in [0.4, 0.5) is 10.1 Å². The minimum atomic E-state index is -0.697. The van der Waals surface area contributed by atoms with Crippen LogP contribution >= 0.6 is 0 Å². The molecule has 1 atom stereocenters. The smallest absolute Gasteiger partial charge is 0.174 e. The molecule has 0 aliphatic heterocycles. The summed E-state index contributed by atoms with van der Waals surface area (Å²) in [5.74, 6) is 0.903. The number of aliphatic hydroxyl groups is 1. The molecule has 0 saturated heterocycles. The van der Waals surface area contributed by atoms with E-state index in [-0.39, 0.29) is 24.4 Å². The zero-order valence-electron chi connectivity index (χ0n) is 20.4. The van der Waals surface area contributed by atoms with E-state index in [1.807, 2.05) is 32.9 Å². The second kappa shape index (κ2) is 9.39. The van der Waals surface area contributed by atoms with Gasteiger partial charge in [-0.3, -0.25) is 0 Å². The molecule has 2 aromatic heterocycles. The van der Waals surface area contributed by atoms with Crippen LogP contribution in [-0.2, 0) is 0 Å². The van der Waals surface area contributed by atoms with Gasteiger partial charge in [-0.15, -0.1) is 0 Å². The Morgan fingerprint density at radius 3 is 2.63 bits per heavy atom. The van der Waals surface area contributed by atoms with Gasteiger partial charge < -0.3 is 24.9 Å². The Balaban J connectivity index is 1.85. The van der Waals surface area contributed by atoms with Crippen molar-refractivity contribution in [3.8, 4) is 28.8 Å². The highest BCUT2D eigenvalue weighted by Crippen LogP contribution is 2.39. The lowest BCUT2D eigenvalue weighted by Gasteiger charge is -2.26. The number of ether oxygens (including phenoxy) is 2. The topological polar surface area (TPSA) is 116 Å². The molecule has 3 N–H and O–H groups in total. The molecule has 8 nitrogen and oxygen atoms in total. The fourth-order valence-electron chi connectivity index (χ4n) is 3.80. The van der Waals surface area contributed by atoms with Crippen LogP contribution in [0.15, 0.2) is 30.3 Å². The molecule has 9 heteroatoms. The van der Waals surface area contributed by atoms with E-state index in [4.69, 9.17) is 14.7 Å². The van der Waals surface area contributed by atoms with E-state index in [2.05, 4.69) is 20.3 Å². The number of nitriles is 1. The highest BCUT2D eigenvalue weighted by atomic mass is 19.1. The zero-order chi connectivity index (χ0) is 25.3. The Morgan fingerprint density at radius 2 is 1.94 bits per heavy atom. The van der Waals surface area contributed by atoms with E-state index < -0.39 is 6.10 Å². The van der Waals surface area contributed by atoms with Gasteiger partial charge in [-0.25, -0.2) is 14.4 Å². The second-order valence-electron chi connectivity index (χ2n) is 9.40. The molecule has 2 aromatic carbocycles. The van der Waals surface area contributed by atoms with Gasteiger partial charge in [0, 0.05) is 18.0 Å². The molecule has 0 fully saturated rings. The van der Waals surface area contributed by atoms with Gasteiger partial charge in [-0.05, 0) is 42.7 Å². The van der Waals surface area contributed by atoms with E-state index in [1.165, 1.54) is 12.1 Å². The van der Waals surface area contributed by atoms with Crippen LogP contribution in [0.2, 0.25) is 0 Å². The summed E-state index contributed by atoms with van der Waals surface area (Å²) in [6.07, 6.45) is -0.697. The van der Waals surface area contributed by atoms with Crippen molar-refractivity contribution in [3.63, 3.8) is 0 Å². The fourth-order valence-corrected chi connectivity index (χ4v) is 3.80. The highest BCUT2D eigenvalue weighted by molar-refractivity contribution is 6.15.